The van der Waals surface area contributed by atoms with Gasteiger partial charge in [-0.15, -0.1) is 22.7 Å². The number of aromatic nitrogens is 1. The Labute approximate surface area is 284 Å². The molecule has 1 fully saturated rings. The number of nitrogens with one attached hydrogen (secondary N) is 1. The van der Waals surface area contributed by atoms with Crippen molar-refractivity contribution in [3.8, 4) is 11.5 Å². The van der Waals surface area contributed by atoms with Gasteiger partial charge in [-0.2, -0.15) is 0 Å². The zero-order valence-corrected chi connectivity index (χ0v) is 28.9. The predicted molar refractivity (Wildman–Crippen MR) is 197 cm³/mol. The number of methoxy groups -OCH3 is 2. The van der Waals surface area contributed by atoms with E-state index in [2.05, 4.69) is 104 Å². The smallest absolute Gasteiger partial charge is 0.118 e. The number of benzene rings is 2. The quantitative estimate of drug-likeness (QED) is 0.210. The number of hydrogen-bond acceptors (Lipinski definition) is 5. The molecule has 8 rings (SSSR count). The molecule has 1 unspecified atom stereocenters. The number of rotatable bonds is 4. The molecule has 1 atom stereocenters. The van der Waals surface area contributed by atoms with Gasteiger partial charge in [0.1, 0.15) is 11.5 Å². The van der Waals surface area contributed by atoms with Gasteiger partial charge in [-0.3, -0.25) is 4.99 Å². The minimum Gasteiger partial charge on any atom is -0.497 e. The first-order valence-corrected chi connectivity index (χ1v) is 18.0. The molecule has 1 aliphatic carbocycles. The van der Waals surface area contributed by atoms with E-state index in [1.165, 1.54) is 66.0 Å². The summed E-state index contributed by atoms with van der Waals surface area (Å²) >= 11 is 3.75. The normalized spacial score (nSPS) is 21.6. The first kappa shape index (κ1) is 30.0. The topological polar surface area (TPSA) is 46.6 Å². The van der Waals surface area contributed by atoms with Crippen LogP contribution in [0, 0.1) is 0 Å². The molecular weight excluding hydrogens is 617 g/mol. The van der Waals surface area contributed by atoms with Crippen LogP contribution in [0.15, 0.2) is 108 Å². The van der Waals surface area contributed by atoms with Crippen molar-refractivity contribution >= 4 is 45.1 Å². The highest BCUT2D eigenvalue weighted by atomic mass is 32.1. The first-order valence-electron chi connectivity index (χ1n) is 16.3. The van der Waals surface area contributed by atoms with E-state index in [1.807, 2.05) is 34.8 Å². The summed E-state index contributed by atoms with van der Waals surface area (Å²) in [5, 5.41) is 0. The molecule has 0 radical (unpaired) electrons. The molecule has 1 spiro atoms. The Kier molecular flexibility index (Phi) is 7.66. The van der Waals surface area contributed by atoms with Gasteiger partial charge in [0.2, 0.25) is 0 Å². The van der Waals surface area contributed by atoms with E-state index in [0.717, 1.165) is 41.3 Å². The summed E-state index contributed by atoms with van der Waals surface area (Å²) in [5.41, 5.74) is 10.7. The highest BCUT2D eigenvalue weighted by Gasteiger charge is 2.42. The minimum absolute atomic E-state index is 0.0854. The van der Waals surface area contributed by atoms with Crippen LogP contribution in [-0.2, 0) is 5.41 Å². The average molecular weight is 655 g/mol. The molecule has 1 N–H and O–H groups in total. The first-order chi connectivity index (χ1) is 23.0. The number of ether oxygens (including phenoxy) is 2. The van der Waals surface area contributed by atoms with E-state index in [0.29, 0.717) is 0 Å². The van der Waals surface area contributed by atoms with Crippen LogP contribution in [0.1, 0.15) is 87.5 Å². The lowest BCUT2D eigenvalue weighted by atomic mass is 9.78. The molecule has 5 heterocycles. The van der Waals surface area contributed by atoms with Crippen molar-refractivity contribution in [1.82, 2.24) is 4.98 Å². The van der Waals surface area contributed by atoms with Gasteiger partial charge in [0.05, 0.1) is 37.0 Å². The zero-order chi connectivity index (χ0) is 32.1. The molecule has 8 bridgehead atoms. The lowest BCUT2D eigenvalue weighted by Crippen LogP contribution is -2.31. The average Bonchev–Trinajstić information content (AvgIpc) is 3.95. The molecule has 0 amide bonds. The second kappa shape index (κ2) is 12.0. The van der Waals surface area contributed by atoms with Gasteiger partial charge >= 0.3 is 0 Å². The standard InChI is InChI=1S/C41H38N2O2S2/c1-25-26(2)34-18-20-36(47-34)40(28-9-13-30(45-4)14-10-28)32-16-22-38(43-32)41(23-5-6-24-41)37-21-15-31(42-37)39(35-19-17-33(25)46-35)27-7-11-29(44-3)12-8-27/h7-22,39,42H,5-6,23-24H2,1-4H3/b26-25-,40-32-. The number of aliphatic imine (C=N–C) groups is 1. The van der Waals surface area contributed by atoms with Crippen molar-refractivity contribution < 1.29 is 9.47 Å². The number of hydrogen-bond donors (Lipinski definition) is 1. The third kappa shape index (κ3) is 5.15. The maximum atomic E-state index is 5.52. The van der Waals surface area contributed by atoms with Crippen LogP contribution in [-0.4, -0.2) is 24.9 Å². The molecule has 3 aliphatic rings. The maximum Gasteiger partial charge on any atom is 0.118 e. The summed E-state index contributed by atoms with van der Waals surface area (Å²) < 4.78 is 11.0. The number of nitrogens with zero attached hydrogens (tertiary/aromatic N) is 1. The van der Waals surface area contributed by atoms with E-state index in [9.17, 15) is 0 Å². The van der Waals surface area contributed by atoms with Crippen molar-refractivity contribution in [2.75, 3.05) is 14.2 Å². The van der Waals surface area contributed by atoms with E-state index in [4.69, 9.17) is 14.5 Å². The van der Waals surface area contributed by atoms with Crippen LogP contribution >= 0.6 is 22.7 Å². The van der Waals surface area contributed by atoms with E-state index in [1.54, 1.807) is 14.2 Å². The van der Waals surface area contributed by atoms with Crippen LogP contribution in [0.5, 0.6) is 11.5 Å². The number of allylic oxidation sites excluding steroid dienone is 4. The molecule has 0 saturated heterocycles. The Hall–Kier alpha value is -4.39. The number of fused-ring (bicyclic) bond motifs is 9. The summed E-state index contributed by atoms with van der Waals surface area (Å²) in [7, 11) is 3.44. The van der Waals surface area contributed by atoms with Crippen molar-refractivity contribution in [2.45, 2.75) is 50.9 Å². The molecule has 1 saturated carbocycles. The molecular formula is C41H38N2O2S2. The number of aromatic amines is 1. The maximum absolute atomic E-state index is 5.52. The highest BCUT2D eigenvalue weighted by Crippen LogP contribution is 2.47. The Morgan fingerprint density at radius 1 is 0.702 bits per heavy atom. The van der Waals surface area contributed by atoms with Gasteiger partial charge in [0.15, 0.2) is 0 Å². The third-order valence-corrected chi connectivity index (χ3v) is 12.8. The summed E-state index contributed by atoms with van der Waals surface area (Å²) in [5.74, 6) is 1.81. The molecule has 3 aromatic heterocycles. The van der Waals surface area contributed by atoms with Gasteiger partial charge in [-0.1, -0.05) is 37.1 Å². The fourth-order valence-electron chi connectivity index (χ4n) is 7.49. The second-order valence-corrected chi connectivity index (χ2v) is 15.0. The number of thiophene rings is 2. The Bertz CT molecular complexity index is 2080. The van der Waals surface area contributed by atoms with Crippen molar-refractivity contribution in [3.63, 3.8) is 0 Å². The fraction of sp³-hybridized carbons (Fsp3) is 0.244. The summed E-state index contributed by atoms with van der Waals surface area (Å²) in [4.78, 5) is 14.6. The van der Waals surface area contributed by atoms with E-state index in [-0.39, 0.29) is 11.3 Å². The summed E-state index contributed by atoms with van der Waals surface area (Å²) in [6.45, 7) is 4.52. The lowest BCUT2D eigenvalue weighted by Gasteiger charge is -2.28. The molecule has 6 heteroatoms. The Morgan fingerprint density at radius 3 is 2.04 bits per heavy atom. The van der Waals surface area contributed by atoms with Crippen molar-refractivity contribution in [2.24, 2.45) is 4.99 Å². The molecule has 4 nitrogen and oxygen atoms in total. The third-order valence-electron chi connectivity index (χ3n) is 10.3. The van der Waals surface area contributed by atoms with Crippen molar-refractivity contribution in [1.29, 1.82) is 0 Å². The largest absolute Gasteiger partial charge is 0.497 e. The molecule has 2 aromatic carbocycles. The predicted octanol–water partition coefficient (Wildman–Crippen LogP) is 10.9. The van der Waals surface area contributed by atoms with Gasteiger partial charge in [0, 0.05) is 36.5 Å². The molecule has 47 heavy (non-hydrogen) atoms. The van der Waals surface area contributed by atoms with Gasteiger partial charge in [0.25, 0.3) is 0 Å². The van der Waals surface area contributed by atoms with Crippen LogP contribution in [0.3, 0.4) is 0 Å². The molecule has 5 aromatic rings. The highest BCUT2D eigenvalue weighted by molar-refractivity contribution is 7.15. The Morgan fingerprint density at radius 2 is 1.34 bits per heavy atom. The van der Waals surface area contributed by atoms with E-state index < -0.39 is 0 Å². The Balaban J connectivity index is 1.36. The fourth-order valence-corrected chi connectivity index (χ4v) is 9.84. The minimum atomic E-state index is -0.143. The van der Waals surface area contributed by atoms with Gasteiger partial charge < -0.3 is 14.5 Å². The molecule has 2 aliphatic heterocycles. The second-order valence-electron chi connectivity index (χ2n) is 12.8. The van der Waals surface area contributed by atoms with Crippen LogP contribution < -0.4 is 9.47 Å². The lowest BCUT2D eigenvalue weighted by molar-refractivity contribution is 0.414. The van der Waals surface area contributed by atoms with E-state index >= 15 is 0 Å². The number of H-pyrrole nitrogens is 1. The van der Waals surface area contributed by atoms with Gasteiger partial charge in [-0.25, -0.2) is 0 Å². The summed E-state index contributed by atoms with van der Waals surface area (Å²) in [6.07, 6.45) is 9.08. The molecule has 236 valence electrons. The summed E-state index contributed by atoms with van der Waals surface area (Å²) in [6, 6.07) is 30.8. The van der Waals surface area contributed by atoms with Crippen molar-refractivity contribution in [3.05, 3.63) is 145 Å². The van der Waals surface area contributed by atoms with Gasteiger partial charge in [-0.05, 0) is 122 Å². The van der Waals surface area contributed by atoms with Crippen LogP contribution in [0.2, 0.25) is 0 Å². The monoisotopic (exact) mass is 654 g/mol. The van der Waals surface area contributed by atoms with Crippen LogP contribution in [0.4, 0.5) is 0 Å². The SMILES string of the molecule is COc1ccc(/C2=C3\C=CC(=N3)C3(CCCC3)c3ccc([nH]3)C(c3ccc(OC)cc3)c3ccc(s3)/C(C)=C(/C)c3ccc2s3)cc1. The zero-order valence-electron chi connectivity index (χ0n) is 27.2. The van der Waals surface area contributed by atoms with Crippen LogP contribution in [0.25, 0.3) is 16.7 Å².